The Kier molecular flexibility index (Phi) is 4.67. The Morgan fingerprint density at radius 3 is 2.50 bits per heavy atom. The van der Waals surface area contributed by atoms with Gasteiger partial charge in [-0.15, -0.1) is 0 Å². The van der Waals surface area contributed by atoms with Gasteiger partial charge in [0.05, 0.1) is 11.6 Å². The summed E-state index contributed by atoms with van der Waals surface area (Å²) in [6.07, 6.45) is 1.54. The molecule has 1 rings (SSSR count). The fourth-order valence-corrected chi connectivity index (χ4v) is 1.61. The van der Waals surface area contributed by atoms with Crippen LogP contribution >= 0.6 is 11.6 Å². The molecule has 0 aliphatic heterocycles. The van der Waals surface area contributed by atoms with Crippen molar-refractivity contribution in [2.45, 2.75) is 20.8 Å². The van der Waals surface area contributed by atoms with E-state index in [1.807, 2.05) is 0 Å². The monoisotopic (exact) mass is 270 g/mol. The van der Waals surface area contributed by atoms with Crippen LogP contribution in [0.15, 0.2) is 12.3 Å². The first kappa shape index (κ1) is 14.4. The molecule has 18 heavy (non-hydrogen) atoms. The van der Waals surface area contributed by atoms with Crippen LogP contribution in [0.25, 0.3) is 0 Å². The number of aromatic nitrogens is 1. The molecule has 1 heterocycles. The molecule has 2 unspecified atom stereocenters. The van der Waals surface area contributed by atoms with Crippen LogP contribution in [0.4, 0.5) is 5.69 Å². The number of carboxylic acid groups (broad SMARTS) is 1. The molecule has 2 atom stereocenters. The number of hydrogen-bond donors (Lipinski definition) is 2. The molecule has 5 nitrogen and oxygen atoms in total. The minimum Gasteiger partial charge on any atom is -0.481 e. The first-order valence-corrected chi connectivity index (χ1v) is 5.87. The number of carbonyl (C=O) groups excluding carboxylic acids is 1. The average molecular weight is 271 g/mol. The molecule has 0 bridgehead atoms. The predicted octanol–water partition coefficient (Wildman–Crippen LogP) is 2.34. The molecule has 1 aromatic heterocycles. The number of halogens is 1. The van der Waals surface area contributed by atoms with E-state index in [0.717, 1.165) is 5.56 Å². The number of nitrogens with one attached hydrogen (secondary N) is 1. The zero-order chi connectivity index (χ0) is 13.9. The molecule has 0 fully saturated rings. The SMILES string of the molecule is Cc1ccnc(Cl)c1NC(=O)C(C)C(C)C(=O)O. The van der Waals surface area contributed by atoms with E-state index in [-0.39, 0.29) is 11.1 Å². The van der Waals surface area contributed by atoms with Crippen molar-refractivity contribution in [1.82, 2.24) is 4.98 Å². The standard InChI is InChI=1S/C12H15ClN2O3/c1-6-4-5-14-10(13)9(6)15-11(16)7(2)8(3)12(17)18/h4-5,7-8H,1-3H3,(H,15,16)(H,17,18). The summed E-state index contributed by atoms with van der Waals surface area (Å²) in [5.41, 5.74) is 1.20. The van der Waals surface area contributed by atoms with Crippen LogP contribution in [0.5, 0.6) is 0 Å². The lowest BCUT2D eigenvalue weighted by Crippen LogP contribution is -2.30. The summed E-state index contributed by atoms with van der Waals surface area (Å²) in [5.74, 6) is -2.81. The fourth-order valence-electron chi connectivity index (χ4n) is 1.35. The topological polar surface area (TPSA) is 79.3 Å². The zero-order valence-electron chi connectivity index (χ0n) is 10.4. The lowest BCUT2D eigenvalue weighted by Gasteiger charge is -2.17. The number of anilines is 1. The van der Waals surface area contributed by atoms with E-state index in [1.165, 1.54) is 13.1 Å². The Hall–Kier alpha value is -1.62. The van der Waals surface area contributed by atoms with Crippen molar-refractivity contribution in [2.75, 3.05) is 5.32 Å². The van der Waals surface area contributed by atoms with Crippen molar-refractivity contribution in [3.8, 4) is 0 Å². The van der Waals surface area contributed by atoms with Gasteiger partial charge in [0, 0.05) is 12.1 Å². The molecule has 0 spiro atoms. The summed E-state index contributed by atoms with van der Waals surface area (Å²) in [4.78, 5) is 26.6. The van der Waals surface area contributed by atoms with E-state index < -0.39 is 17.8 Å². The van der Waals surface area contributed by atoms with Gasteiger partial charge in [0.15, 0.2) is 5.15 Å². The van der Waals surface area contributed by atoms with Gasteiger partial charge < -0.3 is 10.4 Å². The Morgan fingerprint density at radius 2 is 2.00 bits per heavy atom. The summed E-state index contributed by atoms with van der Waals surface area (Å²) in [6, 6.07) is 1.72. The van der Waals surface area contributed by atoms with Gasteiger partial charge >= 0.3 is 5.97 Å². The summed E-state index contributed by atoms with van der Waals surface area (Å²) in [6.45, 7) is 4.84. The zero-order valence-corrected chi connectivity index (χ0v) is 11.2. The van der Waals surface area contributed by atoms with E-state index >= 15 is 0 Å². The molecule has 1 aromatic rings. The van der Waals surface area contributed by atoms with Crippen LogP contribution in [-0.4, -0.2) is 22.0 Å². The van der Waals surface area contributed by atoms with Crippen LogP contribution in [0.2, 0.25) is 5.15 Å². The van der Waals surface area contributed by atoms with Crippen LogP contribution in [0, 0.1) is 18.8 Å². The second kappa shape index (κ2) is 5.82. The Labute approximate surface area is 110 Å². The van der Waals surface area contributed by atoms with Gasteiger partial charge in [-0.25, -0.2) is 4.98 Å². The molecule has 6 heteroatoms. The number of nitrogens with zero attached hydrogens (tertiary/aromatic N) is 1. The van der Waals surface area contributed by atoms with E-state index in [9.17, 15) is 9.59 Å². The van der Waals surface area contributed by atoms with Crippen molar-refractivity contribution in [2.24, 2.45) is 11.8 Å². The van der Waals surface area contributed by atoms with E-state index in [0.29, 0.717) is 5.69 Å². The quantitative estimate of drug-likeness (QED) is 0.823. The highest BCUT2D eigenvalue weighted by atomic mass is 35.5. The van der Waals surface area contributed by atoms with Crippen LogP contribution in [0.3, 0.4) is 0 Å². The van der Waals surface area contributed by atoms with Gasteiger partial charge in [-0.3, -0.25) is 9.59 Å². The van der Waals surface area contributed by atoms with Crippen molar-refractivity contribution in [1.29, 1.82) is 0 Å². The lowest BCUT2D eigenvalue weighted by atomic mass is 9.95. The largest absolute Gasteiger partial charge is 0.481 e. The first-order valence-electron chi connectivity index (χ1n) is 5.49. The van der Waals surface area contributed by atoms with Gasteiger partial charge in [-0.1, -0.05) is 25.4 Å². The van der Waals surface area contributed by atoms with Crippen molar-refractivity contribution in [3.05, 3.63) is 23.0 Å². The third-order valence-electron chi connectivity index (χ3n) is 2.91. The fraction of sp³-hybridized carbons (Fsp3) is 0.417. The molecule has 2 N–H and O–H groups in total. The van der Waals surface area contributed by atoms with Gasteiger partial charge in [0.2, 0.25) is 5.91 Å². The summed E-state index contributed by atoms with van der Waals surface area (Å²) >= 11 is 5.88. The second-order valence-electron chi connectivity index (χ2n) is 4.20. The molecule has 1 amide bonds. The molecular weight excluding hydrogens is 256 g/mol. The molecule has 0 saturated carbocycles. The smallest absolute Gasteiger partial charge is 0.307 e. The maximum Gasteiger partial charge on any atom is 0.307 e. The second-order valence-corrected chi connectivity index (χ2v) is 4.56. The maximum atomic E-state index is 11.9. The van der Waals surface area contributed by atoms with E-state index in [1.54, 1.807) is 19.9 Å². The Balaban J connectivity index is 2.85. The average Bonchev–Trinajstić information content (AvgIpc) is 2.31. The minimum atomic E-state index is -1.01. The molecule has 0 radical (unpaired) electrons. The third-order valence-corrected chi connectivity index (χ3v) is 3.20. The summed E-state index contributed by atoms with van der Waals surface area (Å²) < 4.78 is 0. The number of carboxylic acids is 1. The van der Waals surface area contributed by atoms with Crippen LogP contribution in [-0.2, 0) is 9.59 Å². The number of hydrogen-bond acceptors (Lipinski definition) is 3. The molecular formula is C12H15ClN2O3. The number of carbonyl (C=O) groups is 2. The predicted molar refractivity (Wildman–Crippen MR) is 68.6 cm³/mol. The van der Waals surface area contributed by atoms with Gasteiger partial charge in [0.25, 0.3) is 0 Å². The molecule has 0 saturated heterocycles. The minimum absolute atomic E-state index is 0.193. The number of aliphatic carboxylic acids is 1. The highest BCUT2D eigenvalue weighted by Gasteiger charge is 2.26. The first-order chi connectivity index (χ1) is 8.34. The van der Waals surface area contributed by atoms with Crippen molar-refractivity contribution in [3.63, 3.8) is 0 Å². The molecule has 98 valence electrons. The molecule has 0 aliphatic rings. The van der Waals surface area contributed by atoms with Crippen molar-refractivity contribution >= 4 is 29.2 Å². The highest BCUT2D eigenvalue weighted by molar-refractivity contribution is 6.32. The molecule has 0 aromatic carbocycles. The summed E-state index contributed by atoms with van der Waals surface area (Å²) in [5, 5.41) is 11.7. The number of pyridine rings is 1. The van der Waals surface area contributed by atoms with E-state index in [2.05, 4.69) is 10.3 Å². The molecule has 0 aliphatic carbocycles. The third kappa shape index (κ3) is 3.20. The highest BCUT2D eigenvalue weighted by Crippen LogP contribution is 2.24. The van der Waals surface area contributed by atoms with Crippen LogP contribution < -0.4 is 5.32 Å². The number of aryl methyl sites for hydroxylation is 1. The van der Waals surface area contributed by atoms with Gasteiger partial charge in [-0.2, -0.15) is 0 Å². The Morgan fingerprint density at radius 1 is 1.39 bits per heavy atom. The number of rotatable bonds is 4. The number of amides is 1. The lowest BCUT2D eigenvalue weighted by molar-refractivity contribution is -0.145. The Bertz CT molecular complexity index is 456. The van der Waals surface area contributed by atoms with Gasteiger partial charge in [0.1, 0.15) is 0 Å². The van der Waals surface area contributed by atoms with E-state index in [4.69, 9.17) is 16.7 Å². The van der Waals surface area contributed by atoms with Crippen molar-refractivity contribution < 1.29 is 14.7 Å². The summed E-state index contributed by atoms with van der Waals surface area (Å²) in [7, 11) is 0. The van der Waals surface area contributed by atoms with Crippen LogP contribution in [0.1, 0.15) is 19.4 Å². The van der Waals surface area contributed by atoms with Gasteiger partial charge in [-0.05, 0) is 18.6 Å². The maximum absolute atomic E-state index is 11.9. The normalized spacial score (nSPS) is 13.8.